The lowest BCUT2D eigenvalue weighted by Gasteiger charge is -2.30. The molecular weight excluding hydrogens is 184 g/mol. The summed E-state index contributed by atoms with van der Waals surface area (Å²) < 4.78 is 0. The Morgan fingerprint density at radius 2 is 1.43 bits per heavy atom. The first kappa shape index (κ1) is 9.72. The topological polar surface area (TPSA) is 0 Å². The molecule has 74 valence electrons. The Balaban J connectivity index is 2.37. The molecule has 0 atom stereocenters. The molecule has 2 rings (SSSR count). The van der Waals surface area contributed by atoms with E-state index < -0.39 is 8.07 Å². The van der Waals surface area contributed by atoms with Gasteiger partial charge in [-0.15, -0.1) is 0 Å². The van der Waals surface area contributed by atoms with Crippen molar-refractivity contribution in [2.75, 3.05) is 0 Å². The Morgan fingerprint density at radius 3 is 1.79 bits per heavy atom. The second kappa shape index (κ2) is 2.83. The minimum Gasteiger partial charge on any atom is -0.0762 e. The number of hydrogen-bond donors (Lipinski definition) is 0. The van der Waals surface area contributed by atoms with Crippen LogP contribution in [0.5, 0.6) is 0 Å². The van der Waals surface area contributed by atoms with Crippen molar-refractivity contribution in [2.24, 2.45) is 0 Å². The van der Waals surface area contributed by atoms with Gasteiger partial charge < -0.3 is 0 Å². The van der Waals surface area contributed by atoms with Gasteiger partial charge in [0.25, 0.3) is 0 Å². The minimum absolute atomic E-state index is 0.362. The average molecular weight is 202 g/mol. The standard InChI is InChI=1S/C13H18Si/c1-11-5-7-12(8-6-11)13(9-10-13)14(2,3)4/h5-10H,1-4H3. The highest BCUT2D eigenvalue weighted by Gasteiger charge is 2.47. The number of rotatable bonds is 2. The van der Waals surface area contributed by atoms with Gasteiger partial charge in [-0.1, -0.05) is 61.6 Å². The normalized spacial score (nSPS) is 18.3. The molecule has 0 radical (unpaired) electrons. The summed E-state index contributed by atoms with van der Waals surface area (Å²) >= 11 is 0. The third-order valence-corrected chi connectivity index (χ3v) is 6.37. The molecule has 1 heteroatoms. The van der Waals surface area contributed by atoms with Crippen molar-refractivity contribution in [1.29, 1.82) is 0 Å². The van der Waals surface area contributed by atoms with E-state index in [1.165, 1.54) is 11.1 Å². The maximum Gasteiger partial charge on any atom is 0.0652 e. The van der Waals surface area contributed by atoms with Gasteiger partial charge in [0.1, 0.15) is 0 Å². The molecule has 0 nitrogen and oxygen atoms in total. The number of aryl methyl sites for hydroxylation is 1. The summed E-state index contributed by atoms with van der Waals surface area (Å²) in [7, 11) is -1.14. The van der Waals surface area contributed by atoms with Crippen LogP contribution in [0.4, 0.5) is 0 Å². The van der Waals surface area contributed by atoms with Crippen molar-refractivity contribution in [2.45, 2.75) is 31.6 Å². The Morgan fingerprint density at radius 1 is 0.929 bits per heavy atom. The van der Waals surface area contributed by atoms with Gasteiger partial charge >= 0.3 is 0 Å². The fourth-order valence-corrected chi connectivity index (χ4v) is 4.15. The maximum absolute atomic E-state index is 2.44. The van der Waals surface area contributed by atoms with E-state index in [1.807, 2.05) is 0 Å². The van der Waals surface area contributed by atoms with Crippen LogP contribution in [0.1, 0.15) is 11.1 Å². The Hall–Kier alpha value is -0.823. The first-order valence-electron chi connectivity index (χ1n) is 5.23. The lowest BCUT2D eigenvalue weighted by atomic mass is 10.1. The summed E-state index contributed by atoms with van der Waals surface area (Å²) in [5.41, 5.74) is 2.84. The van der Waals surface area contributed by atoms with Crippen LogP contribution in [0.25, 0.3) is 0 Å². The van der Waals surface area contributed by atoms with Gasteiger partial charge in [0.05, 0.1) is 8.07 Å². The first-order chi connectivity index (χ1) is 6.46. The van der Waals surface area contributed by atoms with E-state index in [-0.39, 0.29) is 0 Å². The van der Waals surface area contributed by atoms with Crippen molar-refractivity contribution < 1.29 is 0 Å². The van der Waals surface area contributed by atoms with E-state index >= 15 is 0 Å². The van der Waals surface area contributed by atoms with Gasteiger partial charge in [0, 0.05) is 5.04 Å². The van der Waals surface area contributed by atoms with Gasteiger partial charge in [-0.2, -0.15) is 0 Å². The van der Waals surface area contributed by atoms with E-state index in [0.717, 1.165) is 0 Å². The molecule has 0 heterocycles. The van der Waals surface area contributed by atoms with Gasteiger partial charge in [-0.25, -0.2) is 0 Å². The summed E-state index contributed by atoms with van der Waals surface area (Å²) in [5.74, 6) is 0. The largest absolute Gasteiger partial charge is 0.0762 e. The summed E-state index contributed by atoms with van der Waals surface area (Å²) in [4.78, 5) is 0. The molecule has 0 unspecified atom stereocenters. The molecule has 0 saturated carbocycles. The molecule has 0 spiro atoms. The zero-order chi connectivity index (χ0) is 10.4. The Labute approximate surface area is 87.7 Å². The minimum atomic E-state index is -1.14. The maximum atomic E-state index is 2.44. The van der Waals surface area contributed by atoms with E-state index in [0.29, 0.717) is 5.04 Å². The molecule has 0 fully saturated rings. The van der Waals surface area contributed by atoms with Crippen LogP contribution >= 0.6 is 0 Å². The van der Waals surface area contributed by atoms with Gasteiger partial charge in [0.15, 0.2) is 0 Å². The van der Waals surface area contributed by atoms with Crippen LogP contribution in [0.3, 0.4) is 0 Å². The Kier molecular flexibility index (Phi) is 1.97. The smallest absolute Gasteiger partial charge is 0.0652 e. The number of allylic oxidation sites excluding steroid dienone is 2. The highest BCUT2D eigenvalue weighted by atomic mass is 28.3. The molecule has 14 heavy (non-hydrogen) atoms. The van der Waals surface area contributed by atoms with E-state index in [4.69, 9.17) is 0 Å². The van der Waals surface area contributed by atoms with Crippen molar-refractivity contribution in [3.05, 3.63) is 47.5 Å². The molecular formula is C13H18Si. The fraction of sp³-hybridized carbons (Fsp3) is 0.385. The van der Waals surface area contributed by atoms with Gasteiger partial charge in [0.2, 0.25) is 0 Å². The Bertz CT molecular complexity index is 359. The summed E-state index contributed by atoms with van der Waals surface area (Å²) in [6.45, 7) is 9.46. The zero-order valence-electron chi connectivity index (χ0n) is 9.46. The second-order valence-electron chi connectivity index (χ2n) is 5.32. The average Bonchev–Trinajstić information content (AvgIpc) is 2.84. The molecule has 0 aromatic heterocycles. The summed E-state index contributed by atoms with van der Waals surface area (Å²) in [5, 5.41) is 0.362. The van der Waals surface area contributed by atoms with E-state index in [1.54, 1.807) is 0 Å². The third-order valence-electron chi connectivity index (χ3n) is 3.27. The number of hydrogen-bond acceptors (Lipinski definition) is 0. The quantitative estimate of drug-likeness (QED) is 0.507. The highest BCUT2D eigenvalue weighted by Crippen LogP contribution is 2.46. The second-order valence-corrected chi connectivity index (χ2v) is 10.6. The predicted molar refractivity (Wildman–Crippen MR) is 65.3 cm³/mol. The molecule has 1 aliphatic carbocycles. The van der Waals surface area contributed by atoms with Crippen molar-refractivity contribution >= 4 is 8.07 Å². The van der Waals surface area contributed by atoms with Gasteiger partial charge in [-0.05, 0) is 12.5 Å². The first-order valence-corrected chi connectivity index (χ1v) is 8.73. The van der Waals surface area contributed by atoms with Crippen LogP contribution in [-0.2, 0) is 5.04 Å². The van der Waals surface area contributed by atoms with Crippen LogP contribution in [0.2, 0.25) is 19.6 Å². The summed E-state index contributed by atoms with van der Waals surface area (Å²) in [6, 6.07) is 9.01. The highest BCUT2D eigenvalue weighted by molar-refractivity contribution is 6.81. The van der Waals surface area contributed by atoms with E-state index in [9.17, 15) is 0 Å². The van der Waals surface area contributed by atoms with Crippen LogP contribution < -0.4 is 0 Å². The molecule has 0 bridgehead atoms. The van der Waals surface area contributed by atoms with Gasteiger partial charge in [-0.3, -0.25) is 0 Å². The van der Waals surface area contributed by atoms with Crippen LogP contribution in [-0.4, -0.2) is 8.07 Å². The number of benzene rings is 1. The molecule has 0 N–H and O–H groups in total. The monoisotopic (exact) mass is 202 g/mol. The third kappa shape index (κ3) is 1.36. The molecule has 0 saturated heterocycles. The lowest BCUT2D eigenvalue weighted by Crippen LogP contribution is -2.39. The van der Waals surface area contributed by atoms with Crippen molar-refractivity contribution in [3.63, 3.8) is 0 Å². The summed E-state index contributed by atoms with van der Waals surface area (Å²) in [6.07, 6.45) is 4.76. The molecule has 0 aliphatic heterocycles. The lowest BCUT2D eigenvalue weighted by molar-refractivity contribution is 1.04. The fourth-order valence-electron chi connectivity index (χ4n) is 2.04. The molecule has 1 aliphatic rings. The van der Waals surface area contributed by atoms with Crippen LogP contribution in [0, 0.1) is 6.92 Å². The van der Waals surface area contributed by atoms with Crippen molar-refractivity contribution in [1.82, 2.24) is 0 Å². The van der Waals surface area contributed by atoms with Crippen LogP contribution in [0.15, 0.2) is 36.4 Å². The van der Waals surface area contributed by atoms with E-state index in [2.05, 4.69) is 63.0 Å². The molecule has 1 aromatic rings. The SMILES string of the molecule is Cc1ccc(C2([Si](C)(C)C)C=C2)cc1. The predicted octanol–water partition coefficient (Wildman–Crippen LogP) is 3.68. The molecule has 1 aromatic carbocycles. The molecule has 0 amide bonds. The zero-order valence-corrected chi connectivity index (χ0v) is 10.5. The van der Waals surface area contributed by atoms with Crippen molar-refractivity contribution in [3.8, 4) is 0 Å².